The van der Waals surface area contributed by atoms with E-state index in [9.17, 15) is 13.2 Å². The molecule has 5 rings (SSSR count). The van der Waals surface area contributed by atoms with Crippen molar-refractivity contribution in [1.29, 1.82) is 0 Å². The van der Waals surface area contributed by atoms with Crippen molar-refractivity contribution in [2.75, 3.05) is 13.2 Å². The summed E-state index contributed by atoms with van der Waals surface area (Å²) < 4.78 is 35.7. The van der Waals surface area contributed by atoms with Crippen LogP contribution in [-0.2, 0) is 36.7 Å². The summed E-state index contributed by atoms with van der Waals surface area (Å²) in [7, 11) is -3.72. The number of aryl methyl sites for hydroxylation is 2. The van der Waals surface area contributed by atoms with Gasteiger partial charge < -0.3 is 4.74 Å². The molecule has 6 heteroatoms. The van der Waals surface area contributed by atoms with Crippen LogP contribution in [0.15, 0.2) is 47.4 Å². The summed E-state index contributed by atoms with van der Waals surface area (Å²) in [5.74, 6) is 0.647. The van der Waals surface area contributed by atoms with Crippen LogP contribution >= 0.6 is 0 Å². The van der Waals surface area contributed by atoms with Crippen LogP contribution in [0.4, 0.5) is 0 Å². The number of cyclic esters (lactones) is 1. The highest BCUT2D eigenvalue weighted by Gasteiger charge is 2.46. The van der Waals surface area contributed by atoms with Gasteiger partial charge >= 0.3 is 5.97 Å². The van der Waals surface area contributed by atoms with Gasteiger partial charge in [0.05, 0.1) is 24.5 Å². The smallest absolute Gasteiger partial charge is 0.306 e. The van der Waals surface area contributed by atoms with Gasteiger partial charge in [-0.3, -0.25) is 8.98 Å². The van der Waals surface area contributed by atoms with Crippen LogP contribution in [0.5, 0.6) is 0 Å². The van der Waals surface area contributed by atoms with E-state index in [1.165, 1.54) is 16.7 Å². The number of benzene rings is 2. The van der Waals surface area contributed by atoms with Crippen molar-refractivity contribution in [3.63, 3.8) is 0 Å². The molecule has 3 atom stereocenters. The van der Waals surface area contributed by atoms with Crippen molar-refractivity contribution in [3.8, 4) is 0 Å². The first-order valence-corrected chi connectivity index (χ1v) is 13.0. The molecule has 0 amide bonds. The van der Waals surface area contributed by atoms with Crippen molar-refractivity contribution in [2.24, 2.45) is 11.3 Å². The summed E-state index contributed by atoms with van der Waals surface area (Å²) in [5, 5.41) is 0. The summed E-state index contributed by atoms with van der Waals surface area (Å²) in [6.07, 6.45) is 6.50. The van der Waals surface area contributed by atoms with Crippen molar-refractivity contribution in [3.05, 3.63) is 64.7 Å². The van der Waals surface area contributed by atoms with Gasteiger partial charge in [-0.2, -0.15) is 8.42 Å². The van der Waals surface area contributed by atoms with Crippen LogP contribution in [0, 0.1) is 18.3 Å². The van der Waals surface area contributed by atoms with Crippen molar-refractivity contribution < 1.29 is 22.1 Å². The fourth-order valence-corrected chi connectivity index (χ4v) is 6.61. The predicted molar refractivity (Wildman–Crippen MR) is 121 cm³/mol. The van der Waals surface area contributed by atoms with Crippen LogP contribution < -0.4 is 0 Å². The fourth-order valence-electron chi connectivity index (χ4n) is 5.63. The molecule has 170 valence electrons. The van der Waals surface area contributed by atoms with E-state index in [0.717, 1.165) is 44.1 Å². The molecule has 3 aliphatic rings. The number of esters is 1. The number of rotatable bonds is 5. The molecule has 5 nitrogen and oxygen atoms in total. The van der Waals surface area contributed by atoms with E-state index in [-0.39, 0.29) is 28.8 Å². The zero-order chi connectivity index (χ0) is 22.3. The maximum atomic E-state index is 12.5. The zero-order valence-corrected chi connectivity index (χ0v) is 19.3. The minimum atomic E-state index is -3.72. The van der Waals surface area contributed by atoms with Gasteiger partial charge in [-0.15, -0.1) is 0 Å². The lowest BCUT2D eigenvalue weighted by Crippen LogP contribution is -2.21. The molecule has 0 radical (unpaired) electrons. The molecular formula is C26H30O5S. The van der Waals surface area contributed by atoms with Gasteiger partial charge in [-0.25, -0.2) is 0 Å². The Kier molecular flexibility index (Phi) is 5.62. The summed E-state index contributed by atoms with van der Waals surface area (Å²) in [6.45, 7) is 2.73. The van der Waals surface area contributed by atoms with E-state index in [0.29, 0.717) is 18.9 Å². The lowest BCUT2D eigenvalue weighted by atomic mass is 9.80. The number of ether oxygens (including phenoxy) is 1. The summed E-state index contributed by atoms with van der Waals surface area (Å²) in [5.41, 5.74) is 5.12. The number of carbonyl (C=O) groups excluding carboxylic acids is 1. The molecule has 2 aromatic rings. The lowest BCUT2D eigenvalue weighted by Gasteiger charge is -2.26. The van der Waals surface area contributed by atoms with Crippen molar-refractivity contribution >= 4 is 16.1 Å². The van der Waals surface area contributed by atoms with E-state index in [1.807, 2.05) is 6.92 Å². The Labute approximate surface area is 190 Å². The van der Waals surface area contributed by atoms with Crippen LogP contribution in [0.3, 0.4) is 0 Å². The third-order valence-corrected chi connectivity index (χ3v) is 8.86. The topological polar surface area (TPSA) is 69.7 Å². The van der Waals surface area contributed by atoms with Crippen molar-refractivity contribution in [1.82, 2.24) is 0 Å². The monoisotopic (exact) mass is 454 g/mol. The number of hydrogen-bond acceptors (Lipinski definition) is 5. The minimum absolute atomic E-state index is 0.0475. The molecule has 2 aromatic carbocycles. The Hall–Kier alpha value is -2.18. The Morgan fingerprint density at radius 3 is 2.66 bits per heavy atom. The first kappa shape index (κ1) is 21.7. The summed E-state index contributed by atoms with van der Waals surface area (Å²) >= 11 is 0. The average Bonchev–Trinajstić information content (AvgIpc) is 3.37. The maximum Gasteiger partial charge on any atom is 0.306 e. The highest BCUT2D eigenvalue weighted by molar-refractivity contribution is 7.86. The second-order valence-corrected chi connectivity index (χ2v) is 11.6. The molecule has 0 N–H and O–H groups in total. The van der Waals surface area contributed by atoms with Gasteiger partial charge in [0.1, 0.15) is 0 Å². The molecule has 0 aromatic heterocycles. The third kappa shape index (κ3) is 4.35. The SMILES string of the molecule is Cc1ccc(S(=O)(=O)OC[C@H]2CCc3cc([C@H]4CC[C@]5(COC(=O)C5)C4)ccc3C2)cc1. The Morgan fingerprint density at radius 2 is 1.91 bits per heavy atom. The number of fused-ring (bicyclic) bond motifs is 1. The molecule has 0 unspecified atom stereocenters. The molecule has 1 spiro atoms. The van der Waals surface area contributed by atoms with Gasteiger partial charge in [-0.05, 0) is 86.1 Å². The van der Waals surface area contributed by atoms with Crippen LogP contribution in [0.2, 0.25) is 0 Å². The van der Waals surface area contributed by atoms with E-state index < -0.39 is 10.1 Å². The molecule has 1 heterocycles. The highest BCUT2D eigenvalue weighted by Crippen LogP contribution is 2.51. The van der Waals surface area contributed by atoms with E-state index >= 15 is 0 Å². The number of hydrogen-bond donors (Lipinski definition) is 0. The quantitative estimate of drug-likeness (QED) is 0.484. The molecule has 1 aliphatic heterocycles. The fraction of sp³-hybridized carbons (Fsp3) is 0.500. The summed E-state index contributed by atoms with van der Waals surface area (Å²) in [6, 6.07) is 13.6. The molecule has 1 saturated carbocycles. The summed E-state index contributed by atoms with van der Waals surface area (Å²) in [4.78, 5) is 11.8. The minimum Gasteiger partial charge on any atom is -0.465 e. The van der Waals surface area contributed by atoms with Gasteiger partial charge in [0, 0.05) is 5.41 Å². The maximum absolute atomic E-state index is 12.5. The largest absolute Gasteiger partial charge is 0.465 e. The van der Waals surface area contributed by atoms with Crippen LogP contribution in [0.25, 0.3) is 0 Å². The van der Waals surface area contributed by atoms with E-state index in [4.69, 9.17) is 8.92 Å². The van der Waals surface area contributed by atoms with Gasteiger partial charge in [0.25, 0.3) is 10.1 Å². The predicted octanol–water partition coefficient (Wildman–Crippen LogP) is 4.71. The Bertz CT molecular complexity index is 1120. The molecule has 1 saturated heterocycles. The van der Waals surface area contributed by atoms with Gasteiger partial charge in [-0.1, -0.05) is 35.9 Å². The first-order chi connectivity index (χ1) is 15.3. The Balaban J connectivity index is 1.21. The molecule has 32 heavy (non-hydrogen) atoms. The van der Waals surface area contributed by atoms with Gasteiger partial charge in [0.15, 0.2) is 0 Å². The molecule has 2 fully saturated rings. The standard InChI is InChI=1S/C26H30O5S/c1-18-2-8-24(9-3-18)32(28,29)31-16-19-4-5-21-13-22(7-6-20(21)12-19)23-10-11-26(14-23)15-25(27)30-17-26/h2-3,6-9,13,19,23H,4-5,10-12,14-17H2,1H3/t19-,23-,26-/m0/s1. The average molecular weight is 455 g/mol. The normalized spacial score (nSPS) is 27.5. The molecular weight excluding hydrogens is 424 g/mol. The van der Waals surface area contributed by atoms with Crippen LogP contribution in [-0.4, -0.2) is 27.6 Å². The van der Waals surface area contributed by atoms with Gasteiger partial charge in [0.2, 0.25) is 0 Å². The number of carbonyl (C=O) groups is 1. The second-order valence-electron chi connectivity index (χ2n) is 9.97. The molecule has 0 bridgehead atoms. The Morgan fingerprint density at radius 1 is 1.09 bits per heavy atom. The second kappa shape index (κ2) is 8.31. The highest BCUT2D eigenvalue weighted by atomic mass is 32.2. The lowest BCUT2D eigenvalue weighted by molar-refractivity contribution is -0.137. The van der Waals surface area contributed by atoms with Crippen molar-refractivity contribution in [2.45, 2.75) is 62.7 Å². The van der Waals surface area contributed by atoms with E-state index in [2.05, 4.69) is 18.2 Å². The third-order valence-electron chi connectivity index (χ3n) is 7.56. The van der Waals surface area contributed by atoms with E-state index in [1.54, 1.807) is 24.3 Å². The van der Waals surface area contributed by atoms with Crippen LogP contribution in [0.1, 0.15) is 60.3 Å². The molecule has 2 aliphatic carbocycles. The zero-order valence-electron chi connectivity index (χ0n) is 18.5. The first-order valence-electron chi connectivity index (χ1n) is 11.6.